The maximum absolute atomic E-state index is 13.0. The van der Waals surface area contributed by atoms with Gasteiger partial charge in [-0.15, -0.1) is 0 Å². The smallest absolute Gasteiger partial charge is 0.244 e. The fraction of sp³-hybridized carbons (Fsp3) is 0.154. The second-order valence-corrected chi connectivity index (χ2v) is 5.81. The highest BCUT2D eigenvalue weighted by Crippen LogP contribution is 2.18. The van der Waals surface area contributed by atoms with Gasteiger partial charge >= 0.3 is 0 Å². The summed E-state index contributed by atoms with van der Waals surface area (Å²) in [5, 5.41) is 2.79. The molecule has 0 amide bonds. The zero-order valence-electron chi connectivity index (χ0n) is 10.8. The molecule has 0 aliphatic carbocycles. The minimum atomic E-state index is -3.71. The highest BCUT2D eigenvalue weighted by Gasteiger charge is 2.17. The van der Waals surface area contributed by atoms with E-state index in [-0.39, 0.29) is 11.4 Å². The number of benzene rings is 1. The van der Waals surface area contributed by atoms with Gasteiger partial charge in [0.15, 0.2) is 0 Å². The molecule has 0 fully saturated rings. The third kappa shape index (κ3) is 3.31. The van der Waals surface area contributed by atoms with Gasteiger partial charge in [-0.3, -0.25) is 4.98 Å². The minimum absolute atomic E-state index is 0.0120. The highest BCUT2D eigenvalue weighted by atomic mass is 32.2. The fourth-order valence-electron chi connectivity index (χ4n) is 1.70. The number of sulfonamides is 1. The van der Waals surface area contributed by atoms with Crippen molar-refractivity contribution in [2.45, 2.75) is 11.4 Å². The SMILES string of the molecule is CNc1ccncc1S(=O)(=O)NCc1cccc(F)c1. The maximum Gasteiger partial charge on any atom is 0.244 e. The molecule has 0 atom stereocenters. The lowest BCUT2D eigenvalue weighted by molar-refractivity contribution is 0.580. The van der Waals surface area contributed by atoms with Crippen LogP contribution in [0.4, 0.5) is 10.1 Å². The molecule has 0 aliphatic rings. The van der Waals surface area contributed by atoms with Gasteiger partial charge in [0.2, 0.25) is 10.0 Å². The van der Waals surface area contributed by atoms with E-state index in [1.165, 1.54) is 30.6 Å². The normalized spacial score (nSPS) is 11.3. The molecule has 7 heteroatoms. The van der Waals surface area contributed by atoms with Gasteiger partial charge in [-0.1, -0.05) is 12.1 Å². The lowest BCUT2D eigenvalue weighted by Gasteiger charge is -2.10. The third-order valence-electron chi connectivity index (χ3n) is 2.70. The molecule has 2 rings (SSSR count). The number of nitrogens with one attached hydrogen (secondary N) is 2. The Morgan fingerprint density at radius 2 is 2.10 bits per heavy atom. The molecule has 20 heavy (non-hydrogen) atoms. The Morgan fingerprint density at radius 1 is 1.30 bits per heavy atom. The molecule has 0 saturated carbocycles. The quantitative estimate of drug-likeness (QED) is 0.881. The van der Waals surface area contributed by atoms with Gasteiger partial charge in [0.05, 0.1) is 5.69 Å². The summed E-state index contributed by atoms with van der Waals surface area (Å²) in [6, 6.07) is 7.33. The fourth-order valence-corrected chi connectivity index (χ4v) is 2.88. The van der Waals surface area contributed by atoms with Crippen LogP contribution < -0.4 is 10.0 Å². The summed E-state index contributed by atoms with van der Waals surface area (Å²) in [6.07, 6.45) is 2.76. The average Bonchev–Trinajstić information content (AvgIpc) is 2.45. The van der Waals surface area contributed by atoms with Crippen LogP contribution in [-0.2, 0) is 16.6 Å². The summed E-state index contributed by atoms with van der Waals surface area (Å²) in [5.74, 6) is -0.404. The number of halogens is 1. The Bertz CT molecular complexity index is 704. The first kappa shape index (κ1) is 14.4. The predicted molar refractivity (Wildman–Crippen MR) is 74.2 cm³/mol. The van der Waals surface area contributed by atoms with Crippen LogP contribution in [0.1, 0.15) is 5.56 Å². The van der Waals surface area contributed by atoms with Crippen molar-refractivity contribution in [2.75, 3.05) is 12.4 Å². The van der Waals surface area contributed by atoms with Crippen LogP contribution in [0.5, 0.6) is 0 Å². The maximum atomic E-state index is 13.0. The van der Waals surface area contributed by atoms with E-state index < -0.39 is 15.8 Å². The van der Waals surface area contributed by atoms with E-state index in [4.69, 9.17) is 0 Å². The molecule has 0 spiro atoms. The summed E-state index contributed by atoms with van der Waals surface area (Å²) in [7, 11) is -2.09. The van der Waals surface area contributed by atoms with Crippen LogP contribution in [0.3, 0.4) is 0 Å². The number of hydrogen-bond acceptors (Lipinski definition) is 4. The standard InChI is InChI=1S/C13H14FN3O2S/c1-15-12-5-6-16-9-13(12)20(18,19)17-8-10-3-2-4-11(14)7-10/h2-7,9,17H,8H2,1H3,(H,15,16). The second kappa shape index (κ2) is 5.98. The first-order valence-corrected chi connectivity index (χ1v) is 7.37. The lowest BCUT2D eigenvalue weighted by Crippen LogP contribution is -2.24. The van der Waals surface area contributed by atoms with Crippen molar-refractivity contribution in [3.05, 3.63) is 54.1 Å². The van der Waals surface area contributed by atoms with E-state index in [0.717, 1.165) is 0 Å². The Hall–Kier alpha value is -1.99. The Labute approximate surface area is 116 Å². The van der Waals surface area contributed by atoms with Crippen molar-refractivity contribution in [2.24, 2.45) is 0 Å². The summed E-state index contributed by atoms with van der Waals surface area (Å²) in [4.78, 5) is 3.86. The van der Waals surface area contributed by atoms with Gasteiger partial charge in [0.1, 0.15) is 10.7 Å². The van der Waals surface area contributed by atoms with Crippen molar-refractivity contribution >= 4 is 15.7 Å². The molecule has 2 aromatic rings. The first-order valence-electron chi connectivity index (χ1n) is 5.89. The van der Waals surface area contributed by atoms with Crippen LogP contribution in [0, 0.1) is 5.82 Å². The van der Waals surface area contributed by atoms with Crippen molar-refractivity contribution in [1.82, 2.24) is 9.71 Å². The molecule has 1 aromatic heterocycles. The van der Waals surface area contributed by atoms with Gasteiger partial charge < -0.3 is 5.32 Å². The number of nitrogens with zero attached hydrogens (tertiary/aromatic N) is 1. The third-order valence-corrected chi connectivity index (χ3v) is 4.13. The first-order chi connectivity index (χ1) is 9.53. The topological polar surface area (TPSA) is 71.1 Å². The van der Waals surface area contributed by atoms with Crippen LogP contribution >= 0.6 is 0 Å². The monoisotopic (exact) mass is 295 g/mol. The van der Waals surface area contributed by atoms with Gasteiger partial charge in [-0.25, -0.2) is 17.5 Å². The number of hydrogen-bond donors (Lipinski definition) is 2. The predicted octanol–water partition coefficient (Wildman–Crippen LogP) is 1.74. The Balaban J connectivity index is 2.19. The number of rotatable bonds is 5. The molecule has 0 aliphatic heterocycles. The molecule has 2 N–H and O–H groups in total. The zero-order chi connectivity index (χ0) is 14.6. The van der Waals surface area contributed by atoms with Crippen LogP contribution in [0.15, 0.2) is 47.6 Å². The lowest BCUT2D eigenvalue weighted by atomic mass is 10.2. The summed E-state index contributed by atoms with van der Waals surface area (Å²) < 4.78 is 39.8. The molecule has 1 aromatic carbocycles. The summed E-state index contributed by atoms with van der Waals surface area (Å²) >= 11 is 0. The zero-order valence-corrected chi connectivity index (χ0v) is 11.6. The van der Waals surface area contributed by atoms with Crippen molar-refractivity contribution in [3.8, 4) is 0 Å². The number of anilines is 1. The van der Waals surface area contributed by atoms with E-state index in [1.54, 1.807) is 19.2 Å². The van der Waals surface area contributed by atoms with Crippen LogP contribution in [-0.4, -0.2) is 20.4 Å². The molecular formula is C13H14FN3O2S. The van der Waals surface area contributed by atoms with Crippen molar-refractivity contribution in [3.63, 3.8) is 0 Å². The summed E-state index contributed by atoms with van der Waals surface area (Å²) in [6.45, 7) is 0.0120. The molecule has 106 valence electrons. The molecule has 1 heterocycles. The van der Waals surface area contributed by atoms with Gasteiger partial charge in [-0.05, 0) is 23.8 Å². The molecule has 0 radical (unpaired) electrons. The van der Waals surface area contributed by atoms with Gasteiger partial charge in [0.25, 0.3) is 0 Å². The van der Waals surface area contributed by atoms with E-state index in [9.17, 15) is 12.8 Å². The largest absolute Gasteiger partial charge is 0.387 e. The van der Waals surface area contributed by atoms with E-state index in [1.807, 2.05) is 0 Å². The molecule has 0 unspecified atom stereocenters. The van der Waals surface area contributed by atoms with Gasteiger partial charge in [0, 0.05) is 26.0 Å². The van der Waals surface area contributed by atoms with Crippen LogP contribution in [0.2, 0.25) is 0 Å². The van der Waals surface area contributed by atoms with Crippen molar-refractivity contribution in [1.29, 1.82) is 0 Å². The molecular weight excluding hydrogens is 281 g/mol. The van der Waals surface area contributed by atoms with Gasteiger partial charge in [-0.2, -0.15) is 0 Å². The Morgan fingerprint density at radius 3 is 2.80 bits per heavy atom. The van der Waals surface area contributed by atoms with E-state index in [0.29, 0.717) is 11.3 Å². The van der Waals surface area contributed by atoms with Crippen molar-refractivity contribution < 1.29 is 12.8 Å². The second-order valence-electron chi connectivity index (χ2n) is 4.08. The van der Waals surface area contributed by atoms with E-state index >= 15 is 0 Å². The number of aromatic nitrogens is 1. The highest BCUT2D eigenvalue weighted by molar-refractivity contribution is 7.89. The van der Waals surface area contributed by atoms with Crippen LogP contribution in [0.25, 0.3) is 0 Å². The molecule has 5 nitrogen and oxygen atoms in total. The molecule has 0 bridgehead atoms. The average molecular weight is 295 g/mol. The van der Waals surface area contributed by atoms with E-state index in [2.05, 4.69) is 15.0 Å². The minimum Gasteiger partial charge on any atom is -0.387 e. The molecule has 0 saturated heterocycles. The number of pyridine rings is 1. The Kier molecular flexibility index (Phi) is 4.31. The summed E-state index contributed by atoms with van der Waals surface area (Å²) in [5.41, 5.74) is 0.996.